The van der Waals surface area contributed by atoms with Crippen LogP contribution in [0.25, 0.3) is 0 Å². The highest BCUT2D eigenvalue weighted by molar-refractivity contribution is 7.89. The molecule has 0 fully saturated rings. The zero-order chi connectivity index (χ0) is 14.5. The molecule has 0 bridgehead atoms. The van der Waals surface area contributed by atoms with Gasteiger partial charge in [0.25, 0.3) is 0 Å². The van der Waals surface area contributed by atoms with E-state index in [1.54, 1.807) is 12.1 Å². The molecule has 0 heterocycles. The lowest BCUT2D eigenvalue weighted by atomic mass is 10.1. The Bertz CT molecular complexity index is 574. The Morgan fingerprint density at radius 2 is 2.11 bits per heavy atom. The van der Waals surface area contributed by atoms with Gasteiger partial charge in [-0.05, 0) is 30.5 Å². The first-order valence-electron chi connectivity index (χ1n) is 6.31. The SMILES string of the molecule is C#CC(CCC)NS(=O)(=O)c1ccc(CC)c(N)c1. The molecule has 0 spiro atoms. The summed E-state index contributed by atoms with van der Waals surface area (Å²) in [5.74, 6) is 2.44. The highest BCUT2D eigenvalue weighted by Crippen LogP contribution is 2.19. The first kappa shape index (κ1) is 15.5. The fraction of sp³-hybridized carbons (Fsp3) is 0.429. The van der Waals surface area contributed by atoms with Gasteiger partial charge in [-0.3, -0.25) is 0 Å². The van der Waals surface area contributed by atoms with Crippen LogP contribution in [0.2, 0.25) is 0 Å². The van der Waals surface area contributed by atoms with Crippen molar-refractivity contribution in [2.24, 2.45) is 0 Å². The lowest BCUT2D eigenvalue weighted by molar-refractivity contribution is 0.564. The van der Waals surface area contributed by atoms with Crippen molar-refractivity contribution in [2.75, 3.05) is 5.73 Å². The molecule has 5 heteroatoms. The largest absolute Gasteiger partial charge is 0.398 e. The molecule has 0 aliphatic rings. The molecule has 1 aromatic rings. The van der Waals surface area contributed by atoms with Gasteiger partial charge in [-0.2, -0.15) is 4.72 Å². The maximum Gasteiger partial charge on any atom is 0.241 e. The number of anilines is 1. The van der Waals surface area contributed by atoms with Crippen molar-refractivity contribution in [1.82, 2.24) is 4.72 Å². The Kier molecular flexibility index (Phi) is 5.40. The standard InChI is InChI=1S/C14H20N2O2S/c1-4-7-12(6-3)16-19(17,18)13-9-8-11(5-2)14(15)10-13/h3,8-10,12,16H,4-5,7,15H2,1-2H3. The van der Waals surface area contributed by atoms with Crippen LogP contribution in [0.1, 0.15) is 32.3 Å². The van der Waals surface area contributed by atoms with Gasteiger partial charge in [-0.25, -0.2) is 8.42 Å². The highest BCUT2D eigenvalue weighted by Gasteiger charge is 2.18. The number of benzene rings is 1. The van der Waals surface area contributed by atoms with Crippen LogP contribution in [0.3, 0.4) is 0 Å². The second-order valence-electron chi connectivity index (χ2n) is 4.34. The smallest absolute Gasteiger partial charge is 0.241 e. The molecule has 0 aliphatic carbocycles. The first-order chi connectivity index (χ1) is 8.94. The summed E-state index contributed by atoms with van der Waals surface area (Å²) in [6.45, 7) is 3.92. The molecule has 104 valence electrons. The summed E-state index contributed by atoms with van der Waals surface area (Å²) in [5, 5.41) is 0. The van der Waals surface area contributed by atoms with Crippen LogP contribution in [0.5, 0.6) is 0 Å². The van der Waals surface area contributed by atoms with Crippen molar-refractivity contribution in [3.8, 4) is 12.3 Å². The van der Waals surface area contributed by atoms with Crippen LogP contribution in [0.4, 0.5) is 5.69 Å². The van der Waals surface area contributed by atoms with E-state index < -0.39 is 16.1 Å². The monoisotopic (exact) mass is 280 g/mol. The van der Waals surface area contributed by atoms with Gasteiger partial charge in [0.1, 0.15) is 0 Å². The first-order valence-corrected chi connectivity index (χ1v) is 7.79. The second-order valence-corrected chi connectivity index (χ2v) is 6.06. The van der Waals surface area contributed by atoms with Gasteiger partial charge in [0, 0.05) is 5.69 Å². The van der Waals surface area contributed by atoms with E-state index in [9.17, 15) is 8.42 Å². The van der Waals surface area contributed by atoms with E-state index in [1.807, 2.05) is 13.8 Å². The van der Waals surface area contributed by atoms with E-state index in [1.165, 1.54) is 6.07 Å². The van der Waals surface area contributed by atoms with Crippen LogP contribution in [-0.2, 0) is 16.4 Å². The van der Waals surface area contributed by atoms with Crippen LogP contribution in [0.15, 0.2) is 23.1 Å². The van der Waals surface area contributed by atoms with Crippen molar-refractivity contribution < 1.29 is 8.42 Å². The van der Waals surface area contributed by atoms with Gasteiger partial charge in [0.15, 0.2) is 0 Å². The molecule has 0 saturated heterocycles. The van der Waals surface area contributed by atoms with Crippen molar-refractivity contribution in [3.63, 3.8) is 0 Å². The fourth-order valence-electron chi connectivity index (χ4n) is 1.78. The predicted octanol–water partition coefficient (Wildman–Crippen LogP) is 1.91. The van der Waals surface area contributed by atoms with Crippen molar-refractivity contribution in [1.29, 1.82) is 0 Å². The summed E-state index contributed by atoms with van der Waals surface area (Å²) >= 11 is 0. The third-order valence-corrected chi connectivity index (χ3v) is 4.35. The molecule has 0 saturated carbocycles. The number of nitrogens with two attached hydrogens (primary N) is 1. The lowest BCUT2D eigenvalue weighted by Crippen LogP contribution is -2.33. The quantitative estimate of drug-likeness (QED) is 0.617. The van der Waals surface area contributed by atoms with Gasteiger partial charge in [-0.15, -0.1) is 6.42 Å². The molecule has 0 amide bonds. The molecular weight excluding hydrogens is 260 g/mol. The minimum absolute atomic E-state index is 0.151. The Morgan fingerprint density at radius 3 is 2.58 bits per heavy atom. The molecule has 0 aromatic heterocycles. The zero-order valence-electron chi connectivity index (χ0n) is 11.3. The number of sulfonamides is 1. The van der Waals surface area contributed by atoms with E-state index in [0.717, 1.165) is 18.4 Å². The van der Waals surface area contributed by atoms with Gasteiger partial charge < -0.3 is 5.73 Å². The average molecular weight is 280 g/mol. The summed E-state index contributed by atoms with van der Waals surface area (Å²) in [4.78, 5) is 0.151. The molecule has 1 atom stereocenters. The minimum Gasteiger partial charge on any atom is -0.398 e. The maximum atomic E-state index is 12.2. The summed E-state index contributed by atoms with van der Waals surface area (Å²) in [5.41, 5.74) is 7.23. The Labute approximate surface area is 115 Å². The molecule has 4 nitrogen and oxygen atoms in total. The fourth-order valence-corrected chi connectivity index (χ4v) is 3.01. The van der Waals surface area contributed by atoms with Gasteiger partial charge in [0.05, 0.1) is 10.9 Å². The van der Waals surface area contributed by atoms with Crippen molar-refractivity contribution in [2.45, 2.75) is 44.0 Å². The molecule has 0 aliphatic heterocycles. The third kappa shape index (κ3) is 3.98. The normalized spacial score (nSPS) is 12.9. The van der Waals surface area contributed by atoms with E-state index in [2.05, 4.69) is 10.6 Å². The number of aryl methyl sites for hydroxylation is 1. The van der Waals surface area contributed by atoms with Crippen molar-refractivity contribution in [3.05, 3.63) is 23.8 Å². The van der Waals surface area contributed by atoms with Crippen LogP contribution in [0, 0.1) is 12.3 Å². The molecule has 0 radical (unpaired) electrons. The number of hydrogen-bond donors (Lipinski definition) is 2. The zero-order valence-corrected chi connectivity index (χ0v) is 12.1. The minimum atomic E-state index is -3.61. The van der Waals surface area contributed by atoms with Crippen molar-refractivity contribution >= 4 is 15.7 Å². The lowest BCUT2D eigenvalue weighted by Gasteiger charge is -2.13. The van der Waals surface area contributed by atoms with Gasteiger partial charge >= 0.3 is 0 Å². The van der Waals surface area contributed by atoms with Gasteiger partial charge in [-0.1, -0.05) is 32.3 Å². The van der Waals surface area contributed by atoms with E-state index in [4.69, 9.17) is 12.2 Å². The molecule has 19 heavy (non-hydrogen) atoms. The molecular formula is C14H20N2O2S. The Hall–Kier alpha value is -1.51. The molecule has 1 rings (SSSR count). The molecule has 1 aromatic carbocycles. The number of nitrogens with one attached hydrogen (secondary N) is 1. The van der Waals surface area contributed by atoms with Gasteiger partial charge in [0.2, 0.25) is 10.0 Å². The summed E-state index contributed by atoms with van der Waals surface area (Å²) < 4.78 is 26.8. The number of nitrogen functional groups attached to an aromatic ring is 1. The van der Waals surface area contributed by atoms with E-state index in [-0.39, 0.29) is 4.90 Å². The number of rotatable bonds is 6. The molecule has 1 unspecified atom stereocenters. The van der Waals surface area contributed by atoms with E-state index in [0.29, 0.717) is 12.1 Å². The number of hydrogen-bond acceptors (Lipinski definition) is 3. The maximum absolute atomic E-state index is 12.2. The highest BCUT2D eigenvalue weighted by atomic mass is 32.2. The van der Waals surface area contributed by atoms with Crippen LogP contribution < -0.4 is 10.5 Å². The topological polar surface area (TPSA) is 72.2 Å². The Morgan fingerprint density at radius 1 is 1.42 bits per heavy atom. The number of terminal acetylenes is 1. The summed E-state index contributed by atoms with van der Waals surface area (Å²) in [7, 11) is -3.61. The summed E-state index contributed by atoms with van der Waals surface area (Å²) in [6.07, 6.45) is 7.51. The third-order valence-electron chi connectivity index (χ3n) is 2.88. The predicted molar refractivity (Wildman–Crippen MR) is 78.1 cm³/mol. The van der Waals surface area contributed by atoms with Crippen LogP contribution in [-0.4, -0.2) is 14.5 Å². The van der Waals surface area contributed by atoms with Crippen LogP contribution >= 0.6 is 0 Å². The Balaban J connectivity index is 3.01. The summed E-state index contributed by atoms with van der Waals surface area (Å²) in [6, 6.07) is 4.27. The molecule has 3 N–H and O–H groups in total. The second kappa shape index (κ2) is 6.60. The van der Waals surface area contributed by atoms with E-state index >= 15 is 0 Å². The average Bonchev–Trinajstić information content (AvgIpc) is 2.37.